The van der Waals surface area contributed by atoms with Gasteiger partial charge in [0, 0.05) is 25.4 Å². The summed E-state index contributed by atoms with van der Waals surface area (Å²) in [6.07, 6.45) is 3.41. The van der Waals surface area contributed by atoms with Crippen molar-refractivity contribution in [3.63, 3.8) is 0 Å². The third-order valence-corrected chi connectivity index (χ3v) is 5.45. The predicted molar refractivity (Wildman–Crippen MR) is 103 cm³/mol. The Labute approximate surface area is 154 Å². The van der Waals surface area contributed by atoms with E-state index >= 15 is 0 Å². The van der Waals surface area contributed by atoms with Gasteiger partial charge in [0.2, 0.25) is 15.9 Å². The minimum absolute atomic E-state index is 0.0211. The van der Waals surface area contributed by atoms with Crippen LogP contribution in [0.2, 0.25) is 0 Å². The lowest BCUT2D eigenvalue weighted by Gasteiger charge is -2.20. The number of hydrogen-bond donors (Lipinski definition) is 2. The second kappa shape index (κ2) is 8.01. The molecule has 0 radical (unpaired) electrons. The van der Waals surface area contributed by atoms with E-state index in [4.69, 9.17) is 0 Å². The van der Waals surface area contributed by atoms with Gasteiger partial charge in [-0.05, 0) is 35.1 Å². The molecule has 0 spiro atoms. The summed E-state index contributed by atoms with van der Waals surface area (Å²) in [6.45, 7) is 0.477. The Balaban J connectivity index is 1.75. The average molecular weight is 372 g/mol. The molecule has 2 aromatic rings. The Bertz CT molecular complexity index is 846. The molecule has 1 amide bonds. The first kappa shape index (κ1) is 18.6. The fraction of sp³-hybridized carbons (Fsp3) is 0.350. The molecule has 1 aliphatic rings. The van der Waals surface area contributed by atoms with E-state index in [1.54, 1.807) is 0 Å². The summed E-state index contributed by atoms with van der Waals surface area (Å²) in [5, 5.41) is 2.82. The summed E-state index contributed by atoms with van der Waals surface area (Å²) < 4.78 is 24.5. The van der Waals surface area contributed by atoms with Gasteiger partial charge in [-0.3, -0.25) is 4.79 Å². The molecule has 3 rings (SSSR count). The van der Waals surface area contributed by atoms with Crippen molar-refractivity contribution in [3.05, 3.63) is 70.8 Å². The van der Waals surface area contributed by atoms with Gasteiger partial charge in [-0.2, -0.15) is 0 Å². The molecule has 5 nitrogen and oxygen atoms in total. The van der Waals surface area contributed by atoms with Crippen LogP contribution in [0.5, 0.6) is 0 Å². The highest BCUT2D eigenvalue weighted by molar-refractivity contribution is 7.88. The number of nitrogens with one attached hydrogen (secondary N) is 2. The molecule has 1 aliphatic carbocycles. The van der Waals surface area contributed by atoms with E-state index in [-0.39, 0.29) is 24.9 Å². The van der Waals surface area contributed by atoms with Gasteiger partial charge < -0.3 is 5.32 Å². The van der Waals surface area contributed by atoms with Gasteiger partial charge in [0.1, 0.15) is 0 Å². The molecular weight excluding hydrogens is 348 g/mol. The zero-order chi connectivity index (χ0) is 18.6. The number of carbonyl (C=O) groups is 1. The summed E-state index contributed by atoms with van der Waals surface area (Å²) in [5.41, 5.74) is 5.00. The van der Waals surface area contributed by atoms with Gasteiger partial charge in [-0.1, -0.05) is 48.5 Å². The van der Waals surface area contributed by atoms with E-state index in [9.17, 15) is 13.2 Å². The summed E-state index contributed by atoms with van der Waals surface area (Å²) >= 11 is 0. The Morgan fingerprint density at radius 1 is 0.962 bits per heavy atom. The Kier molecular flexibility index (Phi) is 5.74. The third kappa shape index (κ3) is 4.71. The van der Waals surface area contributed by atoms with Crippen LogP contribution >= 0.6 is 0 Å². The smallest absolute Gasteiger partial charge is 0.220 e. The maximum atomic E-state index is 12.5. The number of benzene rings is 2. The van der Waals surface area contributed by atoms with Crippen LogP contribution in [-0.4, -0.2) is 33.7 Å². The zero-order valence-electron chi connectivity index (χ0n) is 14.9. The van der Waals surface area contributed by atoms with Crippen LogP contribution in [0.15, 0.2) is 48.5 Å². The maximum Gasteiger partial charge on any atom is 0.220 e. The van der Waals surface area contributed by atoms with Gasteiger partial charge in [0.25, 0.3) is 0 Å². The van der Waals surface area contributed by atoms with Crippen LogP contribution in [0, 0.1) is 0 Å². The highest BCUT2D eigenvalue weighted by atomic mass is 32.2. The Morgan fingerprint density at radius 2 is 1.50 bits per heavy atom. The van der Waals surface area contributed by atoms with E-state index in [2.05, 4.69) is 34.3 Å². The van der Waals surface area contributed by atoms with Crippen molar-refractivity contribution in [2.45, 2.75) is 25.2 Å². The largest absolute Gasteiger partial charge is 0.355 e. The quantitative estimate of drug-likeness (QED) is 0.762. The number of carbonyl (C=O) groups excluding carboxylic acids is 1. The number of hydrogen-bond acceptors (Lipinski definition) is 3. The monoisotopic (exact) mass is 372 g/mol. The lowest BCUT2D eigenvalue weighted by atomic mass is 9.85. The summed E-state index contributed by atoms with van der Waals surface area (Å²) in [4.78, 5) is 12.5. The number of rotatable bonds is 6. The standard InChI is InChI=1S/C20H24N2O3S/c1-26(24,25)22-13-12-21-20(23)14-19-17-8-4-2-6-15(17)10-11-16-7-3-5-9-18(16)19/h2-9,19,22H,10-14H2,1H3,(H,21,23). The second-order valence-electron chi connectivity index (χ2n) is 6.67. The van der Waals surface area contributed by atoms with Crippen LogP contribution < -0.4 is 10.0 Å². The van der Waals surface area contributed by atoms with Crippen molar-refractivity contribution >= 4 is 15.9 Å². The molecular formula is C20H24N2O3S. The van der Waals surface area contributed by atoms with E-state index < -0.39 is 10.0 Å². The van der Waals surface area contributed by atoms with Crippen LogP contribution in [-0.2, 0) is 27.7 Å². The molecule has 0 saturated carbocycles. The predicted octanol–water partition coefficient (Wildman–Crippen LogP) is 1.97. The molecule has 138 valence electrons. The van der Waals surface area contributed by atoms with E-state index in [1.165, 1.54) is 22.3 Å². The summed E-state index contributed by atoms with van der Waals surface area (Å²) in [6, 6.07) is 16.6. The van der Waals surface area contributed by atoms with Gasteiger partial charge in [0.05, 0.1) is 6.26 Å². The Morgan fingerprint density at radius 3 is 2.04 bits per heavy atom. The van der Waals surface area contributed by atoms with Crippen molar-refractivity contribution < 1.29 is 13.2 Å². The Hall–Kier alpha value is -2.18. The average Bonchev–Trinajstić information content (AvgIpc) is 2.76. The van der Waals surface area contributed by atoms with E-state index in [1.807, 2.05) is 24.3 Å². The van der Waals surface area contributed by atoms with Crippen molar-refractivity contribution in [2.75, 3.05) is 19.3 Å². The maximum absolute atomic E-state index is 12.5. The second-order valence-corrected chi connectivity index (χ2v) is 8.50. The summed E-state index contributed by atoms with van der Waals surface area (Å²) in [5.74, 6) is -0.0513. The van der Waals surface area contributed by atoms with Crippen molar-refractivity contribution in [2.24, 2.45) is 0 Å². The van der Waals surface area contributed by atoms with Crippen molar-refractivity contribution in [1.29, 1.82) is 0 Å². The van der Waals surface area contributed by atoms with Crippen LogP contribution in [0.1, 0.15) is 34.6 Å². The first-order valence-corrected chi connectivity index (χ1v) is 10.7. The lowest BCUT2D eigenvalue weighted by molar-refractivity contribution is -0.121. The topological polar surface area (TPSA) is 75.3 Å². The SMILES string of the molecule is CS(=O)(=O)NCCNC(=O)CC1c2ccccc2CCc2ccccc21. The molecule has 26 heavy (non-hydrogen) atoms. The molecule has 0 atom stereocenters. The summed E-state index contributed by atoms with van der Waals surface area (Å²) in [7, 11) is -3.24. The molecule has 2 N–H and O–H groups in total. The van der Waals surface area contributed by atoms with Gasteiger partial charge in [-0.25, -0.2) is 13.1 Å². The molecule has 0 unspecified atom stereocenters. The van der Waals surface area contributed by atoms with Gasteiger partial charge in [-0.15, -0.1) is 0 Å². The number of sulfonamides is 1. The van der Waals surface area contributed by atoms with Gasteiger partial charge in [0.15, 0.2) is 0 Å². The molecule has 0 bridgehead atoms. The fourth-order valence-electron chi connectivity index (χ4n) is 3.56. The highest BCUT2D eigenvalue weighted by Gasteiger charge is 2.25. The fourth-order valence-corrected chi connectivity index (χ4v) is 4.03. The minimum Gasteiger partial charge on any atom is -0.355 e. The normalized spacial score (nSPS) is 14.2. The zero-order valence-corrected chi connectivity index (χ0v) is 15.7. The van der Waals surface area contributed by atoms with Crippen LogP contribution in [0.4, 0.5) is 0 Å². The van der Waals surface area contributed by atoms with E-state index in [0.717, 1.165) is 19.1 Å². The molecule has 0 heterocycles. The van der Waals surface area contributed by atoms with Crippen LogP contribution in [0.3, 0.4) is 0 Å². The highest BCUT2D eigenvalue weighted by Crippen LogP contribution is 2.36. The molecule has 0 fully saturated rings. The molecule has 0 saturated heterocycles. The number of fused-ring (bicyclic) bond motifs is 2. The van der Waals surface area contributed by atoms with Crippen molar-refractivity contribution in [3.8, 4) is 0 Å². The third-order valence-electron chi connectivity index (χ3n) is 4.73. The van der Waals surface area contributed by atoms with Gasteiger partial charge >= 0.3 is 0 Å². The van der Waals surface area contributed by atoms with E-state index in [0.29, 0.717) is 6.42 Å². The molecule has 0 aromatic heterocycles. The minimum atomic E-state index is -3.24. The number of amides is 1. The lowest BCUT2D eigenvalue weighted by Crippen LogP contribution is -2.34. The first-order chi connectivity index (χ1) is 12.4. The molecule has 0 aliphatic heterocycles. The van der Waals surface area contributed by atoms with Crippen LogP contribution in [0.25, 0.3) is 0 Å². The van der Waals surface area contributed by atoms with Crippen molar-refractivity contribution in [1.82, 2.24) is 10.0 Å². The molecule has 2 aromatic carbocycles. The first-order valence-electron chi connectivity index (χ1n) is 8.81. The number of aryl methyl sites for hydroxylation is 2. The molecule has 6 heteroatoms.